The molecule has 0 aromatic heterocycles. The van der Waals surface area contributed by atoms with Gasteiger partial charge in [-0.05, 0) is 48.7 Å². The molecule has 0 aliphatic heterocycles. The van der Waals surface area contributed by atoms with E-state index in [4.69, 9.17) is 5.73 Å². The van der Waals surface area contributed by atoms with E-state index in [0.29, 0.717) is 23.7 Å². The number of anilines is 1. The van der Waals surface area contributed by atoms with Crippen molar-refractivity contribution in [1.82, 2.24) is 5.32 Å². The quantitative estimate of drug-likeness (QED) is 0.679. The molecule has 154 valence electrons. The van der Waals surface area contributed by atoms with Crippen molar-refractivity contribution < 1.29 is 13.2 Å². The van der Waals surface area contributed by atoms with E-state index in [1.165, 1.54) is 35.6 Å². The van der Waals surface area contributed by atoms with Gasteiger partial charge in [0.25, 0.3) is 15.9 Å². The van der Waals surface area contributed by atoms with Gasteiger partial charge in [0.05, 0.1) is 10.6 Å². The second-order valence-electron chi connectivity index (χ2n) is 6.87. The molecule has 2 aromatic rings. The topological polar surface area (TPSA) is 92.5 Å². The number of benzene rings is 2. The summed E-state index contributed by atoms with van der Waals surface area (Å²) in [6, 6.07) is 14.7. The van der Waals surface area contributed by atoms with Crippen LogP contribution in [0.25, 0.3) is 0 Å². The van der Waals surface area contributed by atoms with E-state index in [1.54, 1.807) is 24.3 Å². The van der Waals surface area contributed by atoms with Gasteiger partial charge in [-0.2, -0.15) is 0 Å². The smallest absolute Gasteiger partial charge is 0.264 e. The minimum atomic E-state index is -3.70. The highest BCUT2D eigenvalue weighted by Gasteiger charge is 2.22. The molecule has 0 spiro atoms. The van der Waals surface area contributed by atoms with Crippen LogP contribution in [0.2, 0.25) is 0 Å². The molecule has 0 saturated carbocycles. The number of nitrogens with two attached hydrogens (primary N) is 1. The molecule has 3 N–H and O–H groups in total. The highest BCUT2D eigenvalue weighted by atomic mass is 35.5. The van der Waals surface area contributed by atoms with Crippen LogP contribution in [0.1, 0.15) is 30.6 Å². The Hall–Kier alpha value is -2.09. The van der Waals surface area contributed by atoms with Crippen LogP contribution in [0, 0.1) is 5.92 Å². The number of amides is 1. The first-order valence-electron chi connectivity index (χ1n) is 8.90. The van der Waals surface area contributed by atoms with Crippen LogP contribution in [0.15, 0.2) is 59.5 Å². The summed E-state index contributed by atoms with van der Waals surface area (Å²) in [4.78, 5) is 12.5. The van der Waals surface area contributed by atoms with Gasteiger partial charge < -0.3 is 11.1 Å². The van der Waals surface area contributed by atoms with Crippen molar-refractivity contribution in [1.29, 1.82) is 0 Å². The molecule has 0 heterocycles. The Balaban J connectivity index is 0.00000392. The van der Waals surface area contributed by atoms with Crippen LogP contribution >= 0.6 is 12.4 Å². The summed E-state index contributed by atoms with van der Waals surface area (Å²) >= 11 is 0. The van der Waals surface area contributed by atoms with Crippen LogP contribution < -0.4 is 15.4 Å². The summed E-state index contributed by atoms with van der Waals surface area (Å²) in [5.74, 6) is 0.159. The fraction of sp³-hybridized carbons (Fsp3) is 0.350. The average molecular weight is 426 g/mol. The summed E-state index contributed by atoms with van der Waals surface area (Å²) in [6.45, 7) is 4.49. The Labute approximate surface area is 173 Å². The standard InChI is InChI=1S/C20H27N3O3S.ClH/c1-15(2)13-17(14-21)22-20(24)16-9-11-19(12-10-16)27(25,26)23(3)18-7-5-4-6-8-18;/h4-12,15,17H,13-14,21H2,1-3H3,(H,22,24);1H. The van der Waals surface area contributed by atoms with Gasteiger partial charge in [0.1, 0.15) is 0 Å². The maximum Gasteiger partial charge on any atom is 0.264 e. The second kappa shape index (κ2) is 10.5. The van der Waals surface area contributed by atoms with E-state index in [-0.39, 0.29) is 29.3 Å². The Morgan fingerprint density at radius 1 is 1.07 bits per heavy atom. The van der Waals surface area contributed by atoms with E-state index in [0.717, 1.165) is 6.42 Å². The van der Waals surface area contributed by atoms with Gasteiger partial charge >= 0.3 is 0 Å². The Kier molecular flexibility index (Phi) is 8.94. The fourth-order valence-electron chi connectivity index (χ4n) is 2.76. The molecule has 0 radical (unpaired) electrons. The molecule has 2 rings (SSSR count). The molecule has 0 fully saturated rings. The lowest BCUT2D eigenvalue weighted by Gasteiger charge is -2.20. The van der Waals surface area contributed by atoms with Crippen LogP contribution in [-0.4, -0.2) is 34.0 Å². The minimum absolute atomic E-state index is 0. The first-order valence-corrected chi connectivity index (χ1v) is 10.3. The molecule has 8 heteroatoms. The molecular weight excluding hydrogens is 398 g/mol. The van der Waals surface area contributed by atoms with Crippen molar-refractivity contribution in [2.24, 2.45) is 11.7 Å². The normalized spacial score (nSPS) is 12.2. The first kappa shape index (κ1) is 23.9. The lowest BCUT2D eigenvalue weighted by molar-refractivity contribution is 0.0933. The monoisotopic (exact) mass is 425 g/mol. The maximum atomic E-state index is 12.8. The van der Waals surface area contributed by atoms with Gasteiger partial charge in [0, 0.05) is 25.2 Å². The van der Waals surface area contributed by atoms with Gasteiger partial charge in [-0.1, -0.05) is 32.0 Å². The summed E-state index contributed by atoms with van der Waals surface area (Å²) in [6.07, 6.45) is 0.788. The summed E-state index contributed by atoms with van der Waals surface area (Å²) < 4.78 is 26.8. The van der Waals surface area contributed by atoms with Gasteiger partial charge in [0.15, 0.2) is 0 Å². The van der Waals surface area contributed by atoms with Gasteiger partial charge in [-0.15, -0.1) is 12.4 Å². The van der Waals surface area contributed by atoms with Crippen molar-refractivity contribution in [3.8, 4) is 0 Å². The third kappa shape index (κ3) is 5.95. The number of hydrogen-bond donors (Lipinski definition) is 2. The molecule has 0 aliphatic carbocycles. The van der Waals surface area contributed by atoms with Crippen molar-refractivity contribution >= 4 is 34.0 Å². The van der Waals surface area contributed by atoms with Crippen molar-refractivity contribution in [3.63, 3.8) is 0 Å². The molecule has 28 heavy (non-hydrogen) atoms. The van der Waals surface area contributed by atoms with Gasteiger partial charge in [-0.25, -0.2) is 8.42 Å². The van der Waals surface area contributed by atoms with Crippen molar-refractivity contribution in [2.75, 3.05) is 17.9 Å². The number of rotatable bonds is 8. The third-order valence-electron chi connectivity index (χ3n) is 4.27. The van der Waals surface area contributed by atoms with Crippen molar-refractivity contribution in [2.45, 2.75) is 31.2 Å². The van der Waals surface area contributed by atoms with Gasteiger partial charge in [0.2, 0.25) is 0 Å². The summed E-state index contributed by atoms with van der Waals surface area (Å²) in [5, 5.41) is 2.90. The van der Waals surface area contributed by atoms with Crippen LogP contribution in [0.5, 0.6) is 0 Å². The zero-order valence-electron chi connectivity index (χ0n) is 16.3. The molecule has 1 amide bonds. The van der Waals surface area contributed by atoms with Crippen LogP contribution in [0.3, 0.4) is 0 Å². The molecule has 2 aromatic carbocycles. The highest BCUT2D eigenvalue weighted by Crippen LogP contribution is 2.22. The zero-order valence-corrected chi connectivity index (χ0v) is 18.0. The maximum absolute atomic E-state index is 12.8. The highest BCUT2D eigenvalue weighted by molar-refractivity contribution is 7.92. The third-order valence-corrected chi connectivity index (χ3v) is 6.07. The summed E-state index contributed by atoms with van der Waals surface area (Å²) in [7, 11) is -2.19. The number of carbonyl (C=O) groups is 1. The predicted molar refractivity (Wildman–Crippen MR) is 115 cm³/mol. The lowest BCUT2D eigenvalue weighted by Crippen LogP contribution is -2.41. The molecule has 0 aliphatic rings. The molecular formula is C20H28ClN3O3S. The van der Waals surface area contributed by atoms with E-state index in [1.807, 2.05) is 6.07 Å². The van der Waals surface area contributed by atoms with Crippen molar-refractivity contribution in [3.05, 3.63) is 60.2 Å². The first-order chi connectivity index (χ1) is 12.8. The molecule has 0 bridgehead atoms. The number of nitrogens with one attached hydrogen (secondary N) is 1. The zero-order chi connectivity index (χ0) is 20.0. The Morgan fingerprint density at radius 3 is 2.14 bits per heavy atom. The SMILES string of the molecule is CC(C)CC(CN)NC(=O)c1ccc(S(=O)(=O)N(C)c2ccccc2)cc1.Cl. The predicted octanol–water partition coefficient (Wildman–Crippen LogP) is 3.04. The molecule has 0 saturated heterocycles. The molecule has 1 unspecified atom stereocenters. The Morgan fingerprint density at radius 2 is 1.64 bits per heavy atom. The average Bonchev–Trinajstić information content (AvgIpc) is 2.67. The molecule has 1 atom stereocenters. The number of nitrogens with zero attached hydrogens (tertiary/aromatic N) is 1. The van der Waals surface area contributed by atoms with Crippen LogP contribution in [-0.2, 0) is 10.0 Å². The van der Waals surface area contributed by atoms with E-state index in [2.05, 4.69) is 19.2 Å². The number of para-hydroxylation sites is 1. The van der Waals surface area contributed by atoms with Gasteiger partial charge in [-0.3, -0.25) is 9.10 Å². The van der Waals surface area contributed by atoms with E-state index < -0.39 is 10.0 Å². The summed E-state index contributed by atoms with van der Waals surface area (Å²) in [5.41, 5.74) is 6.69. The van der Waals surface area contributed by atoms with Crippen LogP contribution in [0.4, 0.5) is 5.69 Å². The lowest BCUT2D eigenvalue weighted by atomic mass is 10.0. The fourth-order valence-corrected chi connectivity index (χ4v) is 3.96. The minimum Gasteiger partial charge on any atom is -0.348 e. The largest absolute Gasteiger partial charge is 0.348 e. The number of halogens is 1. The Bertz CT molecular complexity index is 856. The number of sulfonamides is 1. The number of hydrogen-bond acceptors (Lipinski definition) is 4. The van der Waals surface area contributed by atoms with E-state index >= 15 is 0 Å². The number of carbonyl (C=O) groups excluding carboxylic acids is 1. The second-order valence-corrected chi connectivity index (χ2v) is 8.84. The van der Waals surface area contributed by atoms with E-state index in [9.17, 15) is 13.2 Å². The molecule has 6 nitrogen and oxygen atoms in total.